The van der Waals surface area contributed by atoms with Crippen LogP contribution >= 0.6 is 0 Å². The third kappa shape index (κ3) is 1.69. The van der Waals surface area contributed by atoms with Gasteiger partial charge in [-0.1, -0.05) is 13.8 Å². The van der Waals surface area contributed by atoms with Crippen LogP contribution in [0.4, 0.5) is 5.82 Å². The lowest BCUT2D eigenvalue weighted by Gasteiger charge is -2.40. The number of H-pyrrole nitrogens is 1. The van der Waals surface area contributed by atoms with Crippen molar-refractivity contribution in [2.45, 2.75) is 32.7 Å². The largest absolute Gasteiger partial charge is 0.367 e. The molecular formula is C10H17N3. The fourth-order valence-electron chi connectivity index (χ4n) is 2.04. The zero-order valence-corrected chi connectivity index (χ0v) is 8.25. The summed E-state index contributed by atoms with van der Waals surface area (Å²) in [6, 6.07) is 0.653. The number of hydrogen-bond donors (Lipinski definition) is 2. The molecule has 0 aliphatic heterocycles. The van der Waals surface area contributed by atoms with E-state index in [2.05, 4.69) is 29.1 Å². The molecule has 0 spiro atoms. The first-order valence-corrected chi connectivity index (χ1v) is 5.02. The molecule has 1 aliphatic carbocycles. The summed E-state index contributed by atoms with van der Waals surface area (Å²) in [6.45, 7) is 4.59. The fraction of sp³-hybridized carbons (Fsp3) is 0.700. The minimum absolute atomic E-state index is 0.653. The van der Waals surface area contributed by atoms with Crippen molar-refractivity contribution in [3.8, 4) is 0 Å². The number of hydrogen-bond acceptors (Lipinski definition) is 2. The summed E-state index contributed by atoms with van der Waals surface area (Å²) in [5.74, 6) is 2.67. The summed E-state index contributed by atoms with van der Waals surface area (Å²) in [6.07, 6.45) is 6.21. The monoisotopic (exact) mass is 179 g/mol. The molecular weight excluding hydrogens is 162 g/mol. The molecule has 0 bridgehead atoms. The minimum Gasteiger partial charge on any atom is -0.367 e. The Morgan fingerprint density at radius 1 is 1.54 bits per heavy atom. The zero-order valence-electron chi connectivity index (χ0n) is 8.25. The predicted octanol–water partition coefficient (Wildman–Crippen LogP) is 2.26. The van der Waals surface area contributed by atoms with Crippen molar-refractivity contribution in [2.75, 3.05) is 5.32 Å². The second-order valence-electron chi connectivity index (χ2n) is 4.20. The van der Waals surface area contributed by atoms with Crippen LogP contribution in [0.1, 0.15) is 26.7 Å². The molecule has 1 saturated carbocycles. The molecule has 0 aromatic carbocycles. The van der Waals surface area contributed by atoms with Crippen molar-refractivity contribution < 1.29 is 0 Å². The first kappa shape index (κ1) is 8.60. The van der Waals surface area contributed by atoms with E-state index in [0.29, 0.717) is 6.04 Å². The van der Waals surface area contributed by atoms with Crippen LogP contribution < -0.4 is 5.32 Å². The quantitative estimate of drug-likeness (QED) is 0.747. The van der Waals surface area contributed by atoms with Gasteiger partial charge in [0.1, 0.15) is 5.82 Å². The first-order chi connectivity index (χ1) is 6.27. The lowest BCUT2D eigenvalue weighted by Crippen LogP contribution is -2.41. The normalized spacial score (nSPS) is 27.3. The fourth-order valence-corrected chi connectivity index (χ4v) is 2.04. The third-order valence-electron chi connectivity index (χ3n) is 3.02. The number of imidazole rings is 1. The van der Waals surface area contributed by atoms with Crippen molar-refractivity contribution in [1.82, 2.24) is 9.97 Å². The van der Waals surface area contributed by atoms with Crippen LogP contribution in [-0.4, -0.2) is 16.0 Å². The summed E-state index contributed by atoms with van der Waals surface area (Å²) in [5, 5.41) is 3.47. The maximum absolute atomic E-state index is 3.99. The molecule has 1 aromatic heterocycles. The van der Waals surface area contributed by atoms with Gasteiger partial charge in [-0.25, -0.2) is 4.98 Å². The third-order valence-corrected chi connectivity index (χ3v) is 3.02. The van der Waals surface area contributed by atoms with E-state index in [1.54, 1.807) is 6.33 Å². The van der Waals surface area contributed by atoms with Gasteiger partial charge in [-0.15, -0.1) is 0 Å². The maximum Gasteiger partial charge on any atom is 0.123 e. The molecule has 2 atom stereocenters. The van der Waals surface area contributed by atoms with E-state index in [4.69, 9.17) is 0 Å². The van der Waals surface area contributed by atoms with Gasteiger partial charge in [-0.2, -0.15) is 0 Å². The van der Waals surface area contributed by atoms with E-state index in [1.807, 2.05) is 6.20 Å². The highest BCUT2D eigenvalue weighted by atomic mass is 15.1. The number of aromatic amines is 1. The van der Waals surface area contributed by atoms with Crippen LogP contribution in [0.3, 0.4) is 0 Å². The van der Waals surface area contributed by atoms with Gasteiger partial charge in [0.05, 0.1) is 12.5 Å². The molecule has 1 heterocycles. The van der Waals surface area contributed by atoms with Gasteiger partial charge in [0, 0.05) is 6.04 Å². The predicted molar refractivity (Wildman–Crippen MR) is 53.6 cm³/mol. The number of rotatable bonds is 3. The second-order valence-corrected chi connectivity index (χ2v) is 4.20. The number of aromatic nitrogens is 2. The van der Waals surface area contributed by atoms with E-state index < -0.39 is 0 Å². The van der Waals surface area contributed by atoms with E-state index in [1.165, 1.54) is 12.8 Å². The lowest BCUT2D eigenvalue weighted by molar-refractivity contribution is 0.205. The molecule has 3 heteroatoms. The zero-order chi connectivity index (χ0) is 9.26. The van der Waals surface area contributed by atoms with Crippen LogP contribution in [-0.2, 0) is 0 Å². The Morgan fingerprint density at radius 2 is 2.38 bits per heavy atom. The van der Waals surface area contributed by atoms with Gasteiger partial charge in [0.2, 0.25) is 0 Å². The SMILES string of the molecule is CC(C)C1CCC1Nc1cnc[nH]1. The Kier molecular flexibility index (Phi) is 2.25. The highest BCUT2D eigenvalue weighted by Gasteiger charge is 2.32. The van der Waals surface area contributed by atoms with Crippen LogP contribution in [0.15, 0.2) is 12.5 Å². The summed E-state index contributed by atoms with van der Waals surface area (Å²) >= 11 is 0. The molecule has 0 saturated heterocycles. The van der Waals surface area contributed by atoms with Crippen LogP contribution in [0.2, 0.25) is 0 Å². The van der Waals surface area contributed by atoms with Gasteiger partial charge in [0.25, 0.3) is 0 Å². The Bertz CT molecular complexity index is 253. The first-order valence-electron chi connectivity index (χ1n) is 5.02. The Hall–Kier alpha value is -0.990. The van der Waals surface area contributed by atoms with Gasteiger partial charge in [0.15, 0.2) is 0 Å². The van der Waals surface area contributed by atoms with E-state index in [9.17, 15) is 0 Å². The molecule has 72 valence electrons. The number of anilines is 1. The van der Waals surface area contributed by atoms with Crippen molar-refractivity contribution in [3.05, 3.63) is 12.5 Å². The maximum atomic E-state index is 3.99. The van der Waals surface area contributed by atoms with E-state index in [0.717, 1.165) is 17.7 Å². The van der Waals surface area contributed by atoms with Crippen molar-refractivity contribution in [2.24, 2.45) is 11.8 Å². The highest BCUT2D eigenvalue weighted by molar-refractivity contribution is 5.33. The Morgan fingerprint density at radius 3 is 2.85 bits per heavy atom. The van der Waals surface area contributed by atoms with Crippen LogP contribution in [0.5, 0.6) is 0 Å². The highest BCUT2D eigenvalue weighted by Crippen LogP contribution is 2.35. The van der Waals surface area contributed by atoms with Gasteiger partial charge < -0.3 is 10.3 Å². The topological polar surface area (TPSA) is 40.7 Å². The second kappa shape index (κ2) is 3.40. The summed E-state index contributed by atoms with van der Waals surface area (Å²) < 4.78 is 0. The van der Waals surface area contributed by atoms with Gasteiger partial charge in [-0.3, -0.25) is 0 Å². The smallest absolute Gasteiger partial charge is 0.123 e. The van der Waals surface area contributed by atoms with Crippen LogP contribution in [0.25, 0.3) is 0 Å². The Labute approximate surface area is 79.0 Å². The molecule has 2 rings (SSSR count). The summed E-state index contributed by atoms with van der Waals surface area (Å²) in [4.78, 5) is 7.06. The minimum atomic E-state index is 0.653. The molecule has 1 fully saturated rings. The number of nitrogens with zero attached hydrogens (tertiary/aromatic N) is 1. The van der Waals surface area contributed by atoms with Gasteiger partial charge in [-0.05, 0) is 24.7 Å². The molecule has 3 nitrogen and oxygen atoms in total. The number of nitrogens with one attached hydrogen (secondary N) is 2. The summed E-state index contributed by atoms with van der Waals surface area (Å²) in [5.41, 5.74) is 0. The molecule has 2 N–H and O–H groups in total. The lowest BCUT2D eigenvalue weighted by atomic mass is 9.73. The van der Waals surface area contributed by atoms with Crippen molar-refractivity contribution in [3.63, 3.8) is 0 Å². The molecule has 0 amide bonds. The summed E-state index contributed by atoms with van der Waals surface area (Å²) in [7, 11) is 0. The standard InChI is InChI=1S/C10H17N3/c1-7(2)8-3-4-9(8)13-10-5-11-6-12-10/h5-9,13H,3-4H2,1-2H3,(H,11,12). The molecule has 1 aromatic rings. The molecule has 1 aliphatic rings. The molecule has 2 unspecified atom stereocenters. The molecule has 13 heavy (non-hydrogen) atoms. The van der Waals surface area contributed by atoms with E-state index >= 15 is 0 Å². The average molecular weight is 179 g/mol. The van der Waals surface area contributed by atoms with Crippen molar-refractivity contribution in [1.29, 1.82) is 0 Å². The average Bonchev–Trinajstić information content (AvgIpc) is 2.48. The van der Waals surface area contributed by atoms with E-state index in [-0.39, 0.29) is 0 Å². The van der Waals surface area contributed by atoms with Crippen molar-refractivity contribution >= 4 is 5.82 Å². The van der Waals surface area contributed by atoms with Gasteiger partial charge >= 0.3 is 0 Å². The Balaban J connectivity index is 1.89. The molecule has 0 radical (unpaired) electrons. The van der Waals surface area contributed by atoms with Crippen LogP contribution in [0, 0.1) is 11.8 Å².